The largest absolute Gasteiger partial charge is 2.00 e. The molecular formula is H6FeLiO8P3. The molecule has 0 bridgehead atoms. The van der Waals surface area contributed by atoms with Gasteiger partial charge in [-0.05, 0) is 0 Å². The molecule has 0 atom stereocenters. The minimum Gasteiger partial charge on any atom is -0.822 e. The monoisotopic (exact) mass is 290 g/mol. The fourth-order valence-electron chi connectivity index (χ4n) is 0. The zero-order valence-corrected chi connectivity index (χ0v) is 8.41. The quantitative estimate of drug-likeness (QED) is 0.312. The van der Waals surface area contributed by atoms with E-state index in [0.29, 0.717) is 0 Å². The topological polar surface area (TPSA) is 172 Å². The van der Waals surface area contributed by atoms with Crippen LogP contribution in [0.25, 0.3) is 0 Å². The van der Waals surface area contributed by atoms with Gasteiger partial charge in [0.15, 0.2) is 0 Å². The Balaban J connectivity index is -0.0000000267. The van der Waals surface area contributed by atoms with Gasteiger partial charge >= 0.3 is 35.9 Å². The molecule has 0 rings (SSSR count). The summed E-state index contributed by atoms with van der Waals surface area (Å²) in [5.41, 5.74) is 0. The van der Waals surface area contributed by atoms with Crippen LogP contribution < -0.4 is 48.2 Å². The average molecular weight is 290 g/mol. The van der Waals surface area contributed by atoms with Gasteiger partial charge in [0.05, 0.1) is 0 Å². The van der Waals surface area contributed by atoms with Crippen molar-refractivity contribution in [2.75, 3.05) is 0 Å². The predicted molar refractivity (Wildman–Crippen MR) is 30.5 cm³/mol. The fourth-order valence-corrected chi connectivity index (χ4v) is 0. The zero-order chi connectivity index (χ0) is 9.00. The summed E-state index contributed by atoms with van der Waals surface area (Å²) in [5, 5.41) is 0. The normalized spacial score (nSPS) is 9.08. The molecule has 8 nitrogen and oxygen atoms in total. The molecule has 0 aromatic heterocycles. The second-order valence-corrected chi connectivity index (χ2v) is 2.68. The van der Waals surface area contributed by atoms with Gasteiger partial charge < -0.3 is 38.5 Å². The number of hydrogen-bond donors (Lipinski definition) is 0. The van der Waals surface area contributed by atoms with Crippen LogP contribution >= 0.6 is 25.5 Å². The first-order valence-corrected chi connectivity index (χ1v) is 4.38. The molecule has 0 aliphatic rings. The summed E-state index contributed by atoms with van der Waals surface area (Å²) >= 11 is 0. The first-order valence-electron chi connectivity index (χ1n) is 1.46. The van der Waals surface area contributed by atoms with Crippen LogP contribution in [0, 0.1) is 0 Å². The van der Waals surface area contributed by atoms with Crippen molar-refractivity contribution >= 4 is 25.5 Å². The van der Waals surface area contributed by atoms with E-state index in [-0.39, 0.29) is 45.8 Å². The molecule has 0 aliphatic carbocycles. The standard InChI is InChI=1S/Fe.Li.2H3O4P.H6P/c;;2*1-5(2,3)4;/h;;2*(H3,1,2,3,4);1H6/q+2;+1;;;+3/p-6. The molecule has 0 fully saturated rings. The van der Waals surface area contributed by atoms with Gasteiger partial charge in [-0.2, -0.15) is 15.6 Å². The smallest absolute Gasteiger partial charge is 0.822 e. The van der Waals surface area contributed by atoms with Crippen molar-refractivity contribution in [3.63, 3.8) is 0 Å². The summed E-state index contributed by atoms with van der Waals surface area (Å²) in [4.78, 5) is 51.3. The molecule has 0 radical (unpaired) electrons. The van der Waals surface area contributed by atoms with Crippen molar-refractivity contribution in [2.24, 2.45) is 0 Å². The molecule has 0 amide bonds. The van der Waals surface area contributed by atoms with Crippen LogP contribution in [0.3, 0.4) is 0 Å². The van der Waals surface area contributed by atoms with E-state index >= 15 is 0 Å². The van der Waals surface area contributed by atoms with Gasteiger partial charge in [-0.3, -0.25) is 9.90 Å². The summed E-state index contributed by atoms with van der Waals surface area (Å²) in [6.07, 6.45) is 0. The molecule has 0 spiro atoms. The van der Waals surface area contributed by atoms with Gasteiger partial charge in [0.25, 0.3) is 0 Å². The van der Waals surface area contributed by atoms with Gasteiger partial charge in [-0.1, -0.05) is 0 Å². The maximum Gasteiger partial charge on any atom is 2.00 e. The summed E-state index contributed by atoms with van der Waals surface area (Å²) in [6, 6.07) is 0. The summed E-state index contributed by atoms with van der Waals surface area (Å²) in [7, 11) is -10.8. The second kappa shape index (κ2) is 11.8. The minimum absolute atomic E-state index is 0. The Hall–Kier alpha value is 1.77. The maximum atomic E-state index is 8.55. The molecule has 0 aromatic carbocycles. The molecule has 0 heterocycles. The Morgan fingerprint density at radius 1 is 0.692 bits per heavy atom. The van der Waals surface area contributed by atoms with E-state index in [1.54, 1.807) is 0 Å². The van der Waals surface area contributed by atoms with Gasteiger partial charge in [0, 0.05) is 0 Å². The van der Waals surface area contributed by atoms with E-state index in [9.17, 15) is 0 Å². The van der Waals surface area contributed by atoms with Crippen LogP contribution in [0.4, 0.5) is 0 Å². The summed E-state index contributed by atoms with van der Waals surface area (Å²) in [6.45, 7) is 0. The van der Waals surface area contributed by atoms with Crippen LogP contribution in [-0.4, -0.2) is 0 Å². The Morgan fingerprint density at radius 2 is 0.692 bits per heavy atom. The molecule has 78 valence electrons. The van der Waals surface area contributed by atoms with Crippen LogP contribution in [-0.2, 0) is 26.2 Å². The zero-order valence-electron chi connectivity index (χ0n) is 5.51. The Morgan fingerprint density at radius 3 is 0.692 bits per heavy atom. The minimum atomic E-state index is -5.39. The third kappa shape index (κ3) is 611. The van der Waals surface area contributed by atoms with E-state index in [1.165, 1.54) is 0 Å². The molecule has 13 heteroatoms. The number of phosphoric acid groups is 2. The summed E-state index contributed by atoms with van der Waals surface area (Å²) in [5.74, 6) is 0. The van der Waals surface area contributed by atoms with E-state index in [2.05, 4.69) is 0 Å². The molecule has 0 saturated carbocycles. The second-order valence-electron chi connectivity index (χ2n) is 0.894. The first-order chi connectivity index (χ1) is 4.00. The van der Waals surface area contributed by atoms with E-state index in [4.69, 9.17) is 38.5 Å². The average Bonchev–Trinajstić information content (AvgIpc) is 1.12. The Kier molecular flexibility index (Phi) is 26.7. The van der Waals surface area contributed by atoms with Gasteiger partial charge in [0.2, 0.25) is 0 Å². The molecular weight excluding hydrogens is 284 g/mol. The van der Waals surface area contributed by atoms with Crippen LogP contribution in [0.2, 0.25) is 0 Å². The van der Waals surface area contributed by atoms with E-state index in [1.807, 2.05) is 0 Å². The molecule has 0 saturated heterocycles. The van der Waals surface area contributed by atoms with Crippen molar-refractivity contribution in [3.8, 4) is 0 Å². The molecule has 0 unspecified atom stereocenters. The Bertz CT molecular complexity index is 132. The van der Waals surface area contributed by atoms with Crippen molar-refractivity contribution in [1.29, 1.82) is 0 Å². The summed E-state index contributed by atoms with van der Waals surface area (Å²) < 4.78 is 17.1. The number of hydrogen-bond acceptors (Lipinski definition) is 8. The molecule has 0 aromatic rings. The SMILES string of the molecule is O=P([O-])([O-])[O-].O=P([O-])([O-])[O-].[Fe+2].[Li+].[PH6+3]. The molecule has 0 aliphatic heterocycles. The third-order valence-corrected chi connectivity index (χ3v) is 0. The maximum absolute atomic E-state index is 8.55. The van der Waals surface area contributed by atoms with Crippen molar-refractivity contribution in [3.05, 3.63) is 0 Å². The van der Waals surface area contributed by atoms with E-state index in [0.717, 1.165) is 0 Å². The van der Waals surface area contributed by atoms with Crippen LogP contribution in [0.15, 0.2) is 0 Å². The molecule has 0 N–H and O–H groups in total. The van der Waals surface area contributed by atoms with E-state index < -0.39 is 15.6 Å². The third-order valence-electron chi connectivity index (χ3n) is 0. The number of rotatable bonds is 0. The van der Waals surface area contributed by atoms with Gasteiger partial charge in [0.1, 0.15) is 0 Å². The van der Waals surface area contributed by atoms with Crippen molar-refractivity contribution in [1.82, 2.24) is 0 Å². The predicted octanol–water partition coefficient (Wildman–Crippen LogP) is -9.39. The van der Waals surface area contributed by atoms with Gasteiger partial charge in [-0.25, -0.2) is 0 Å². The van der Waals surface area contributed by atoms with Crippen LogP contribution in [0.5, 0.6) is 0 Å². The van der Waals surface area contributed by atoms with Gasteiger partial charge in [-0.15, -0.1) is 0 Å². The van der Waals surface area contributed by atoms with Crippen molar-refractivity contribution < 1.29 is 74.4 Å². The van der Waals surface area contributed by atoms with Crippen LogP contribution in [0.1, 0.15) is 0 Å². The molecule has 13 heavy (non-hydrogen) atoms. The Labute approximate surface area is 99.9 Å². The van der Waals surface area contributed by atoms with Crippen molar-refractivity contribution in [2.45, 2.75) is 0 Å². The first kappa shape index (κ1) is 29.3. The fraction of sp³-hybridized carbons (Fsp3) is 0.